The number of benzene rings is 1. The fourth-order valence-corrected chi connectivity index (χ4v) is 3.04. The highest BCUT2D eigenvalue weighted by Gasteiger charge is 2.40. The standard InChI is InChI=1S/C14H17ClN2OS/c15-9-3-4-11(10(7-9)14(16)19)17-12-5-6-18-13(12)8-1-2-8/h3-4,7-8,12-13,17H,1-2,5-6H2,(H2,16,19). The number of rotatable bonds is 4. The van der Waals surface area contributed by atoms with Gasteiger partial charge in [0.05, 0.1) is 12.1 Å². The molecule has 1 aromatic rings. The van der Waals surface area contributed by atoms with Gasteiger partial charge in [-0.15, -0.1) is 0 Å². The van der Waals surface area contributed by atoms with Crippen molar-refractivity contribution >= 4 is 34.5 Å². The lowest BCUT2D eigenvalue weighted by molar-refractivity contribution is 0.0898. The minimum Gasteiger partial charge on any atom is -0.389 e. The summed E-state index contributed by atoms with van der Waals surface area (Å²) in [5.74, 6) is 0.723. The van der Waals surface area contributed by atoms with Crippen LogP contribution in [0.4, 0.5) is 5.69 Å². The molecule has 0 amide bonds. The van der Waals surface area contributed by atoms with Crippen molar-refractivity contribution < 1.29 is 4.74 Å². The second-order valence-electron chi connectivity index (χ2n) is 5.27. The summed E-state index contributed by atoms with van der Waals surface area (Å²) in [5.41, 5.74) is 7.53. The van der Waals surface area contributed by atoms with Crippen LogP contribution in [0.25, 0.3) is 0 Å². The van der Waals surface area contributed by atoms with E-state index in [4.69, 9.17) is 34.3 Å². The molecule has 1 aromatic carbocycles. The van der Waals surface area contributed by atoms with Gasteiger partial charge in [-0.25, -0.2) is 0 Å². The highest BCUT2D eigenvalue weighted by Crippen LogP contribution is 2.39. The third kappa shape index (κ3) is 2.86. The Balaban J connectivity index is 1.80. The maximum Gasteiger partial charge on any atom is 0.106 e. The summed E-state index contributed by atoms with van der Waals surface area (Å²) in [7, 11) is 0. The Hall–Kier alpha value is -0.840. The molecule has 1 saturated carbocycles. The van der Waals surface area contributed by atoms with Gasteiger partial charge in [-0.1, -0.05) is 23.8 Å². The smallest absolute Gasteiger partial charge is 0.106 e. The first-order valence-corrected chi connectivity index (χ1v) is 7.41. The van der Waals surface area contributed by atoms with Crippen molar-refractivity contribution in [2.75, 3.05) is 11.9 Å². The van der Waals surface area contributed by atoms with Gasteiger partial charge in [0.1, 0.15) is 4.99 Å². The minimum absolute atomic E-state index is 0.329. The normalized spacial score (nSPS) is 26.4. The van der Waals surface area contributed by atoms with Crippen LogP contribution in [-0.4, -0.2) is 23.7 Å². The first-order valence-electron chi connectivity index (χ1n) is 6.62. The molecule has 3 N–H and O–H groups in total. The second-order valence-corrected chi connectivity index (χ2v) is 6.14. The molecule has 0 spiro atoms. The Morgan fingerprint density at radius 1 is 1.37 bits per heavy atom. The lowest BCUT2D eigenvalue weighted by atomic mass is 10.0. The molecule has 0 bridgehead atoms. The van der Waals surface area contributed by atoms with Crippen LogP contribution in [0, 0.1) is 5.92 Å². The summed E-state index contributed by atoms with van der Waals surface area (Å²) in [4.78, 5) is 0.367. The molecular weight excluding hydrogens is 280 g/mol. The van der Waals surface area contributed by atoms with E-state index in [1.54, 1.807) is 0 Å². The summed E-state index contributed by atoms with van der Waals surface area (Å²) >= 11 is 11.1. The van der Waals surface area contributed by atoms with E-state index in [9.17, 15) is 0 Å². The van der Waals surface area contributed by atoms with Crippen molar-refractivity contribution in [2.45, 2.75) is 31.4 Å². The molecule has 2 unspecified atom stereocenters. The Labute approximate surface area is 123 Å². The number of halogens is 1. The first-order chi connectivity index (χ1) is 9.15. The quantitative estimate of drug-likeness (QED) is 0.839. The molecule has 1 heterocycles. The number of thiocarbonyl (C=S) groups is 1. The fourth-order valence-electron chi connectivity index (χ4n) is 2.70. The van der Waals surface area contributed by atoms with Crippen LogP contribution in [0.3, 0.4) is 0 Å². The van der Waals surface area contributed by atoms with Crippen LogP contribution in [0.2, 0.25) is 5.02 Å². The molecule has 1 aliphatic heterocycles. The molecule has 19 heavy (non-hydrogen) atoms. The van der Waals surface area contributed by atoms with E-state index < -0.39 is 0 Å². The van der Waals surface area contributed by atoms with Gasteiger partial charge < -0.3 is 15.8 Å². The zero-order valence-electron chi connectivity index (χ0n) is 10.6. The van der Waals surface area contributed by atoms with Gasteiger partial charge >= 0.3 is 0 Å². The third-order valence-electron chi connectivity index (χ3n) is 3.81. The van der Waals surface area contributed by atoms with Gasteiger partial charge in [0.15, 0.2) is 0 Å². The average Bonchev–Trinajstić information content (AvgIpc) is 3.12. The molecule has 1 saturated heterocycles. The van der Waals surface area contributed by atoms with Crippen LogP contribution in [0.5, 0.6) is 0 Å². The van der Waals surface area contributed by atoms with Crippen LogP contribution in [-0.2, 0) is 4.74 Å². The molecule has 3 rings (SSSR count). The van der Waals surface area contributed by atoms with Gasteiger partial charge in [-0.3, -0.25) is 0 Å². The van der Waals surface area contributed by atoms with E-state index >= 15 is 0 Å². The van der Waals surface area contributed by atoms with Crippen molar-refractivity contribution in [3.05, 3.63) is 28.8 Å². The van der Waals surface area contributed by atoms with Crippen molar-refractivity contribution in [2.24, 2.45) is 11.7 Å². The molecule has 3 nitrogen and oxygen atoms in total. The summed E-state index contributed by atoms with van der Waals surface area (Å²) in [6, 6.07) is 5.96. The molecular formula is C14H17ClN2OS. The van der Waals surface area contributed by atoms with Crippen LogP contribution in [0.15, 0.2) is 18.2 Å². The van der Waals surface area contributed by atoms with E-state index in [0.29, 0.717) is 22.2 Å². The average molecular weight is 297 g/mol. The fraction of sp³-hybridized carbons (Fsp3) is 0.500. The lowest BCUT2D eigenvalue weighted by Gasteiger charge is -2.22. The van der Waals surface area contributed by atoms with Crippen molar-refractivity contribution in [3.63, 3.8) is 0 Å². The molecule has 102 valence electrons. The van der Waals surface area contributed by atoms with Crippen molar-refractivity contribution in [1.29, 1.82) is 0 Å². The summed E-state index contributed by atoms with van der Waals surface area (Å²) in [5, 5.41) is 4.19. The Morgan fingerprint density at radius 2 is 2.16 bits per heavy atom. The molecule has 2 fully saturated rings. The molecule has 0 radical (unpaired) electrons. The summed E-state index contributed by atoms with van der Waals surface area (Å²) in [6.07, 6.45) is 3.92. The Morgan fingerprint density at radius 3 is 2.84 bits per heavy atom. The number of nitrogens with one attached hydrogen (secondary N) is 1. The number of hydrogen-bond acceptors (Lipinski definition) is 3. The van der Waals surface area contributed by atoms with Crippen LogP contribution >= 0.6 is 23.8 Å². The second kappa shape index (κ2) is 5.27. The van der Waals surface area contributed by atoms with Crippen LogP contribution < -0.4 is 11.1 Å². The summed E-state index contributed by atoms with van der Waals surface area (Å²) in [6.45, 7) is 0.828. The maximum atomic E-state index is 6.00. The number of ether oxygens (including phenoxy) is 1. The third-order valence-corrected chi connectivity index (χ3v) is 4.27. The van der Waals surface area contributed by atoms with Gasteiger partial charge in [0.2, 0.25) is 0 Å². The van der Waals surface area contributed by atoms with E-state index in [1.165, 1.54) is 12.8 Å². The minimum atomic E-state index is 0.329. The predicted molar refractivity (Wildman–Crippen MR) is 81.8 cm³/mol. The van der Waals surface area contributed by atoms with E-state index in [0.717, 1.165) is 30.2 Å². The number of anilines is 1. The molecule has 1 aliphatic carbocycles. The molecule has 0 aromatic heterocycles. The van der Waals surface area contributed by atoms with Gasteiger partial charge in [0, 0.05) is 22.9 Å². The summed E-state index contributed by atoms with van der Waals surface area (Å²) < 4.78 is 5.83. The first kappa shape index (κ1) is 13.2. The van der Waals surface area contributed by atoms with E-state index in [1.807, 2.05) is 18.2 Å². The van der Waals surface area contributed by atoms with Gasteiger partial charge in [-0.2, -0.15) is 0 Å². The van der Waals surface area contributed by atoms with Gasteiger partial charge in [-0.05, 0) is 43.4 Å². The number of nitrogens with two attached hydrogens (primary N) is 1. The maximum absolute atomic E-state index is 6.00. The largest absolute Gasteiger partial charge is 0.389 e. The topological polar surface area (TPSA) is 47.3 Å². The Bertz CT molecular complexity index is 504. The monoisotopic (exact) mass is 296 g/mol. The highest BCUT2D eigenvalue weighted by molar-refractivity contribution is 7.80. The lowest BCUT2D eigenvalue weighted by Crippen LogP contribution is -2.31. The van der Waals surface area contributed by atoms with Crippen LogP contribution in [0.1, 0.15) is 24.8 Å². The van der Waals surface area contributed by atoms with Crippen molar-refractivity contribution in [3.8, 4) is 0 Å². The van der Waals surface area contributed by atoms with Crippen molar-refractivity contribution in [1.82, 2.24) is 0 Å². The highest BCUT2D eigenvalue weighted by atomic mass is 35.5. The number of hydrogen-bond donors (Lipinski definition) is 2. The zero-order valence-corrected chi connectivity index (χ0v) is 12.1. The van der Waals surface area contributed by atoms with E-state index in [2.05, 4.69) is 5.32 Å². The van der Waals surface area contributed by atoms with E-state index in [-0.39, 0.29) is 0 Å². The molecule has 2 aliphatic rings. The predicted octanol–water partition coefficient (Wildman–Crippen LogP) is 2.95. The SMILES string of the molecule is NC(=S)c1cc(Cl)ccc1NC1CCOC1C1CC1. The van der Waals surface area contributed by atoms with Gasteiger partial charge in [0.25, 0.3) is 0 Å². The molecule has 5 heteroatoms. The zero-order chi connectivity index (χ0) is 13.4. The Kier molecular flexibility index (Phi) is 3.65. The molecule has 2 atom stereocenters.